The van der Waals surface area contributed by atoms with Crippen molar-refractivity contribution in [3.63, 3.8) is 0 Å². The highest BCUT2D eigenvalue weighted by Crippen LogP contribution is 2.28. The molecule has 0 N–H and O–H groups in total. The molecule has 1 aromatic carbocycles. The van der Waals surface area contributed by atoms with Gasteiger partial charge in [-0.3, -0.25) is 4.79 Å². The van der Waals surface area contributed by atoms with E-state index in [1.807, 2.05) is 39.0 Å². The van der Waals surface area contributed by atoms with Crippen LogP contribution in [-0.2, 0) is 0 Å². The predicted octanol–water partition coefficient (Wildman–Crippen LogP) is 3.47. The monoisotopic (exact) mass is 229 g/mol. The number of nitrogens with zero attached hydrogens (tertiary/aromatic N) is 1. The summed E-state index contributed by atoms with van der Waals surface area (Å²) in [6.45, 7) is 7.33. The zero-order chi connectivity index (χ0) is 12.6. The van der Waals surface area contributed by atoms with Crippen LogP contribution in [0.3, 0.4) is 0 Å². The molecular formula is C14H15NO2. The van der Waals surface area contributed by atoms with Crippen molar-refractivity contribution in [3.8, 4) is 11.1 Å². The molecule has 0 fully saturated rings. The highest BCUT2D eigenvalue weighted by Gasteiger charge is 2.13. The van der Waals surface area contributed by atoms with Gasteiger partial charge in [-0.2, -0.15) is 0 Å². The Hall–Kier alpha value is -1.90. The molecule has 0 bridgehead atoms. The molecule has 0 aliphatic rings. The minimum atomic E-state index is 0.0906. The van der Waals surface area contributed by atoms with Crippen molar-refractivity contribution in [2.75, 3.05) is 0 Å². The van der Waals surface area contributed by atoms with Gasteiger partial charge >= 0.3 is 0 Å². The molecule has 1 aromatic heterocycles. The Kier molecular flexibility index (Phi) is 2.84. The third-order valence-corrected chi connectivity index (χ3v) is 2.93. The number of hydrogen-bond donors (Lipinski definition) is 0. The molecule has 88 valence electrons. The zero-order valence-electron chi connectivity index (χ0n) is 10.5. The number of aromatic nitrogens is 1. The van der Waals surface area contributed by atoms with Gasteiger partial charge in [0.25, 0.3) is 0 Å². The van der Waals surface area contributed by atoms with Crippen LogP contribution in [0.2, 0.25) is 0 Å². The zero-order valence-corrected chi connectivity index (χ0v) is 10.5. The average Bonchev–Trinajstić information content (AvgIpc) is 2.58. The van der Waals surface area contributed by atoms with Gasteiger partial charge in [0.2, 0.25) is 0 Å². The SMILES string of the molecule is CC(=O)c1ccc(-c2c(C)noc2C)cc1C. The van der Waals surface area contributed by atoms with Crippen LogP contribution in [0.4, 0.5) is 0 Å². The van der Waals surface area contributed by atoms with Crippen LogP contribution in [0.25, 0.3) is 11.1 Å². The van der Waals surface area contributed by atoms with Gasteiger partial charge in [-0.25, -0.2) is 0 Å². The molecule has 0 spiro atoms. The average molecular weight is 229 g/mol. The molecule has 1 heterocycles. The Bertz CT molecular complexity index is 562. The summed E-state index contributed by atoms with van der Waals surface area (Å²) in [7, 11) is 0. The number of rotatable bonds is 2. The van der Waals surface area contributed by atoms with Crippen molar-refractivity contribution < 1.29 is 9.32 Å². The molecule has 0 aliphatic heterocycles. The lowest BCUT2D eigenvalue weighted by molar-refractivity contribution is 0.101. The molecule has 2 rings (SSSR count). The number of benzene rings is 1. The standard InChI is InChI=1S/C14H15NO2/c1-8-7-12(5-6-13(8)10(3)16)14-9(2)15-17-11(14)4/h5-7H,1-4H3. The Morgan fingerprint density at radius 2 is 1.94 bits per heavy atom. The summed E-state index contributed by atoms with van der Waals surface area (Å²) in [5.41, 5.74) is 4.68. The minimum absolute atomic E-state index is 0.0906. The molecule has 0 atom stereocenters. The number of carbonyl (C=O) groups excluding carboxylic acids is 1. The molecule has 0 unspecified atom stereocenters. The van der Waals surface area contributed by atoms with Crippen molar-refractivity contribution in [3.05, 3.63) is 40.8 Å². The summed E-state index contributed by atoms with van der Waals surface area (Å²) in [6.07, 6.45) is 0. The van der Waals surface area contributed by atoms with Gasteiger partial charge in [0.1, 0.15) is 5.76 Å². The molecule has 17 heavy (non-hydrogen) atoms. The van der Waals surface area contributed by atoms with Crippen molar-refractivity contribution in [2.24, 2.45) is 0 Å². The van der Waals surface area contributed by atoms with Crippen molar-refractivity contribution in [2.45, 2.75) is 27.7 Å². The topological polar surface area (TPSA) is 43.1 Å². The van der Waals surface area contributed by atoms with Crippen molar-refractivity contribution in [1.29, 1.82) is 0 Å². The van der Waals surface area contributed by atoms with Crippen LogP contribution >= 0.6 is 0 Å². The predicted molar refractivity (Wildman–Crippen MR) is 66.2 cm³/mol. The minimum Gasteiger partial charge on any atom is -0.361 e. The van der Waals surface area contributed by atoms with E-state index in [0.717, 1.165) is 33.7 Å². The fourth-order valence-corrected chi connectivity index (χ4v) is 2.11. The van der Waals surface area contributed by atoms with Gasteiger partial charge in [-0.05, 0) is 38.8 Å². The smallest absolute Gasteiger partial charge is 0.160 e. The van der Waals surface area contributed by atoms with Crippen molar-refractivity contribution in [1.82, 2.24) is 5.16 Å². The van der Waals surface area contributed by atoms with E-state index in [1.54, 1.807) is 6.92 Å². The van der Waals surface area contributed by atoms with E-state index in [1.165, 1.54) is 0 Å². The Labute approximate surface area is 100 Å². The molecule has 0 saturated carbocycles. The number of carbonyl (C=O) groups is 1. The molecule has 0 aliphatic carbocycles. The molecule has 3 nitrogen and oxygen atoms in total. The first kappa shape index (κ1) is 11.6. The first-order valence-electron chi connectivity index (χ1n) is 5.55. The fourth-order valence-electron chi connectivity index (χ4n) is 2.11. The molecule has 0 saturated heterocycles. The molecule has 2 aromatic rings. The Balaban J connectivity index is 2.56. The number of hydrogen-bond acceptors (Lipinski definition) is 3. The molecule has 0 radical (unpaired) electrons. The van der Waals surface area contributed by atoms with Crippen LogP contribution in [0.15, 0.2) is 22.7 Å². The number of aryl methyl sites for hydroxylation is 3. The van der Waals surface area contributed by atoms with E-state index in [0.29, 0.717) is 0 Å². The largest absolute Gasteiger partial charge is 0.361 e. The van der Waals surface area contributed by atoms with E-state index in [-0.39, 0.29) is 5.78 Å². The van der Waals surface area contributed by atoms with Gasteiger partial charge in [0.05, 0.1) is 5.69 Å². The lowest BCUT2D eigenvalue weighted by Gasteiger charge is -2.05. The maximum absolute atomic E-state index is 11.4. The second kappa shape index (κ2) is 4.17. The quantitative estimate of drug-likeness (QED) is 0.740. The molecule has 0 amide bonds. The van der Waals surface area contributed by atoms with E-state index in [9.17, 15) is 4.79 Å². The summed E-state index contributed by atoms with van der Waals surface area (Å²) >= 11 is 0. The normalized spacial score (nSPS) is 10.6. The third kappa shape index (κ3) is 2.00. The summed E-state index contributed by atoms with van der Waals surface area (Å²) in [5.74, 6) is 0.894. The summed E-state index contributed by atoms with van der Waals surface area (Å²) < 4.78 is 5.15. The van der Waals surface area contributed by atoms with E-state index in [4.69, 9.17) is 4.52 Å². The lowest BCUT2D eigenvalue weighted by Crippen LogP contribution is -1.96. The lowest BCUT2D eigenvalue weighted by atomic mass is 9.97. The van der Waals surface area contributed by atoms with Crippen molar-refractivity contribution >= 4 is 5.78 Å². The fraction of sp³-hybridized carbons (Fsp3) is 0.286. The van der Waals surface area contributed by atoms with Gasteiger partial charge < -0.3 is 4.52 Å². The summed E-state index contributed by atoms with van der Waals surface area (Å²) in [4.78, 5) is 11.4. The van der Waals surface area contributed by atoms with Crippen LogP contribution in [0.5, 0.6) is 0 Å². The number of ketones is 1. The first-order valence-corrected chi connectivity index (χ1v) is 5.55. The maximum atomic E-state index is 11.4. The van der Waals surface area contributed by atoms with Gasteiger partial charge in [0, 0.05) is 11.1 Å². The van der Waals surface area contributed by atoms with Crippen LogP contribution < -0.4 is 0 Å². The second-order valence-corrected chi connectivity index (χ2v) is 4.29. The molecule has 3 heteroatoms. The van der Waals surface area contributed by atoms with E-state index < -0.39 is 0 Å². The van der Waals surface area contributed by atoms with Gasteiger partial charge in [-0.15, -0.1) is 0 Å². The summed E-state index contributed by atoms with van der Waals surface area (Å²) in [6, 6.07) is 5.80. The van der Waals surface area contributed by atoms with Gasteiger partial charge in [0.15, 0.2) is 5.78 Å². The van der Waals surface area contributed by atoms with Crippen LogP contribution in [0, 0.1) is 20.8 Å². The Morgan fingerprint density at radius 1 is 1.24 bits per heavy atom. The highest BCUT2D eigenvalue weighted by atomic mass is 16.5. The number of Topliss-reactive ketones (excluding diaryl/α,β-unsaturated/α-hetero) is 1. The summed E-state index contributed by atoms with van der Waals surface area (Å²) in [5, 5.41) is 3.94. The van der Waals surface area contributed by atoms with Crippen LogP contribution in [0.1, 0.15) is 34.3 Å². The highest BCUT2D eigenvalue weighted by molar-refractivity contribution is 5.96. The first-order chi connectivity index (χ1) is 8.00. The van der Waals surface area contributed by atoms with Crippen LogP contribution in [-0.4, -0.2) is 10.9 Å². The maximum Gasteiger partial charge on any atom is 0.160 e. The second-order valence-electron chi connectivity index (χ2n) is 4.29. The Morgan fingerprint density at radius 3 is 2.41 bits per heavy atom. The van der Waals surface area contributed by atoms with E-state index in [2.05, 4.69) is 5.16 Å². The third-order valence-electron chi connectivity index (χ3n) is 2.93. The molecular weight excluding hydrogens is 214 g/mol. The van der Waals surface area contributed by atoms with Gasteiger partial charge in [-0.1, -0.05) is 23.4 Å². The van der Waals surface area contributed by atoms with E-state index >= 15 is 0 Å².